The van der Waals surface area contributed by atoms with Crippen LogP contribution in [0.5, 0.6) is 11.5 Å². The first-order valence-corrected chi connectivity index (χ1v) is 9.16. The highest BCUT2D eigenvalue weighted by Gasteiger charge is 2.30. The van der Waals surface area contributed by atoms with Crippen molar-refractivity contribution in [3.8, 4) is 11.5 Å². The summed E-state index contributed by atoms with van der Waals surface area (Å²) in [5.74, 6) is 1.00. The van der Waals surface area contributed by atoms with Crippen LogP contribution in [0, 0.1) is 5.92 Å². The van der Waals surface area contributed by atoms with Gasteiger partial charge in [-0.2, -0.15) is 5.06 Å². The number of hydrogen-bond acceptors (Lipinski definition) is 4. The monoisotopic (exact) mass is 359 g/mol. The summed E-state index contributed by atoms with van der Waals surface area (Å²) in [6, 6.07) is 9.06. The maximum Gasteiger partial charge on any atom is 0.134 e. The first-order valence-electron chi connectivity index (χ1n) is 8.78. The zero-order valence-electron chi connectivity index (χ0n) is 14.0. The number of benzene rings is 2. The van der Waals surface area contributed by atoms with Crippen molar-refractivity contribution in [3.05, 3.63) is 57.6 Å². The lowest BCUT2D eigenvalue weighted by Crippen LogP contribution is -2.25. The second kappa shape index (κ2) is 6.52. The van der Waals surface area contributed by atoms with Crippen molar-refractivity contribution in [2.24, 2.45) is 5.92 Å². The molecular weight excluding hydrogens is 338 g/mol. The Balaban J connectivity index is 1.83. The van der Waals surface area contributed by atoms with Gasteiger partial charge in [-0.25, -0.2) is 0 Å². The molecule has 4 rings (SSSR count). The number of fused-ring (bicyclic) bond motifs is 1. The highest BCUT2D eigenvalue weighted by Crippen LogP contribution is 2.41. The van der Waals surface area contributed by atoms with Gasteiger partial charge < -0.3 is 15.4 Å². The van der Waals surface area contributed by atoms with E-state index in [9.17, 15) is 15.4 Å². The van der Waals surface area contributed by atoms with Crippen molar-refractivity contribution in [2.45, 2.75) is 31.6 Å². The lowest BCUT2D eigenvalue weighted by molar-refractivity contribution is -0.0896. The van der Waals surface area contributed by atoms with E-state index in [-0.39, 0.29) is 17.4 Å². The minimum absolute atomic E-state index is 0.0463. The molecule has 2 aliphatic rings. The predicted octanol–water partition coefficient (Wildman–Crippen LogP) is 4.08. The predicted molar refractivity (Wildman–Crippen MR) is 96.6 cm³/mol. The Morgan fingerprint density at radius 1 is 1.08 bits per heavy atom. The summed E-state index contributed by atoms with van der Waals surface area (Å²) in [7, 11) is 0. The van der Waals surface area contributed by atoms with E-state index >= 15 is 0 Å². The molecule has 1 heterocycles. The fraction of sp³-hybridized carbons (Fsp3) is 0.400. The second-order valence-corrected chi connectivity index (χ2v) is 7.59. The number of aromatic hydroxyl groups is 2. The van der Waals surface area contributed by atoms with Crippen LogP contribution in [-0.4, -0.2) is 33.6 Å². The number of rotatable bonds is 3. The van der Waals surface area contributed by atoms with Crippen LogP contribution < -0.4 is 0 Å². The third-order valence-corrected chi connectivity index (χ3v) is 5.78. The van der Waals surface area contributed by atoms with E-state index in [1.165, 1.54) is 17.9 Å². The number of hydroxylamine groups is 2. The minimum atomic E-state index is -0.0463. The summed E-state index contributed by atoms with van der Waals surface area (Å²) in [6.45, 7) is 0.944. The first kappa shape index (κ1) is 16.7. The summed E-state index contributed by atoms with van der Waals surface area (Å²) >= 11 is 6.35. The van der Waals surface area contributed by atoms with E-state index in [1.807, 2.05) is 18.2 Å². The molecule has 0 aromatic heterocycles. The summed E-state index contributed by atoms with van der Waals surface area (Å²) in [5.41, 5.74) is 4.20. The molecule has 2 aromatic carbocycles. The van der Waals surface area contributed by atoms with Gasteiger partial charge in [0.05, 0.1) is 5.02 Å². The Hall–Kier alpha value is -1.75. The molecule has 2 aromatic rings. The number of phenols is 2. The fourth-order valence-electron chi connectivity index (χ4n) is 3.85. The zero-order chi connectivity index (χ0) is 17.6. The molecule has 5 heteroatoms. The fourth-order valence-corrected chi connectivity index (χ4v) is 4.12. The standard InChI is InChI=1S/C20H22ClNO3/c21-20-17-7-8-22(25)11-18(16(17)5-6-19(20)24)15-4-3-14(23)10-13(15)9-12-1-2-12/h3-6,10,12,18,23-25H,1-2,7-9,11H2. The van der Waals surface area contributed by atoms with Gasteiger partial charge in [0.2, 0.25) is 0 Å². The largest absolute Gasteiger partial charge is 0.508 e. The van der Waals surface area contributed by atoms with Gasteiger partial charge in [-0.15, -0.1) is 0 Å². The molecular formula is C20H22ClNO3. The quantitative estimate of drug-likeness (QED) is 0.772. The molecule has 1 saturated carbocycles. The molecule has 0 saturated heterocycles. The average molecular weight is 360 g/mol. The Morgan fingerprint density at radius 2 is 1.84 bits per heavy atom. The topological polar surface area (TPSA) is 63.9 Å². The highest BCUT2D eigenvalue weighted by atomic mass is 35.5. The average Bonchev–Trinajstić information content (AvgIpc) is 3.39. The molecule has 1 aliphatic carbocycles. The van der Waals surface area contributed by atoms with Crippen molar-refractivity contribution < 1.29 is 15.4 Å². The molecule has 1 aliphatic heterocycles. The van der Waals surface area contributed by atoms with E-state index in [0.717, 1.165) is 28.7 Å². The Morgan fingerprint density at radius 3 is 2.60 bits per heavy atom. The summed E-state index contributed by atoms with van der Waals surface area (Å²) in [4.78, 5) is 0. The van der Waals surface area contributed by atoms with E-state index in [0.29, 0.717) is 30.5 Å². The third kappa shape index (κ3) is 3.34. The lowest BCUT2D eigenvalue weighted by Gasteiger charge is -2.24. The number of nitrogens with zero attached hydrogens (tertiary/aromatic N) is 1. The van der Waals surface area contributed by atoms with Gasteiger partial charge in [0.15, 0.2) is 0 Å². The van der Waals surface area contributed by atoms with Crippen LogP contribution in [0.1, 0.15) is 41.0 Å². The third-order valence-electron chi connectivity index (χ3n) is 5.36. The first-order chi connectivity index (χ1) is 12.0. The normalized spacial score (nSPS) is 21.0. The van der Waals surface area contributed by atoms with E-state index in [4.69, 9.17) is 11.6 Å². The van der Waals surface area contributed by atoms with E-state index in [1.54, 1.807) is 12.1 Å². The maximum atomic E-state index is 10.3. The smallest absolute Gasteiger partial charge is 0.134 e. The van der Waals surface area contributed by atoms with Gasteiger partial charge in [0.1, 0.15) is 11.5 Å². The van der Waals surface area contributed by atoms with Gasteiger partial charge in [-0.1, -0.05) is 23.7 Å². The van der Waals surface area contributed by atoms with E-state index < -0.39 is 0 Å². The molecule has 0 radical (unpaired) electrons. The van der Waals surface area contributed by atoms with Crippen molar-refractivity contribution in [3.63, 3.8) is 0 Å². The van der Waals surface area contributed by atoms with Crippen molar-refractivity contribution in [1.82, 2.24) is 5.06 Å². The molecule has 132 valence electrons. The summed E-state index contributed by atoms with van der Waals surface area (Å²) in [6.07, 6.45) is 4.02. The van der Waals surface area contributed by atoms with Gasteiger partial charge >= 0.3 is 0 Å². The van der Waals surface area contributed by atoms with Crippen LogP contribution in [-0.2, 0) is 12.8 Å². The summed E-state index contributed by atoms with van der Waals surface area (Å²) in [5, 5.41) is 31.9. The molecule has 0 amide bonds. The van der Waals surface area contributed by atoms with E-state index in [2.05, 4.69) is 0 Å². The van der Waals surface area contributed by atoms with Gasteiger partial charge in [-0.3, -0.25) is 0 Å². The Kier molecular flexibility index (Phi) is 4.36. The summed E-state index contributed by atoms with van der Waals surface area (Å²) < 4.78 is 0. The van der Waals surface area contributed by atoms with Crippen LogP contribution in [0.4, 0.5) is 0 Å². The number of halogens is 1. The molecule has 1 atom stereocenters. The van der Waals surface area contributed by atoms with Gasteiger partial charge in [-0.05, 0) is 72.1 Å². The number of hydrogen-bond donors (Lipinski definition) is 3. The molecule has 0 spiro atoms. The zero-order valence-corrected chi connectivity index (χ0v) is 14.7. The Bertz CT molecular complexity index is 804. The van der Waals surface area contributed by atoms with Crippen molar-refractivity contribution in [1.29, 1.82) is 0 Å². The molecule has 1 unspecified atom stereocenters. The molecule has 0 bridgehead atoms. The van der Waals surface area contributed by atoms with Gasteiger partial charge in [0, 0.05) is 19.0 Å². The van der Waals surface area contributed by atoms with Crippen LogP contribution in [0.15, 0.2) is 30.3 Å². The number of phenolic OH excluding ortho intramolecular Hbond substituents is 2. The highest BCUT2D eigenvalue weighted by molar-refractivity contribution is 6.32. The molecule has 1 fully saturated rings. The molecule has 25 heavy (non-hydrogen) atoms. The molecule has 4 nitrogen and oxygen atoms in total. The van der Waals surface area contributed by atoms with Crippen LogP contribution in [0.25, 0.3) is 0 Å². The van der Waals surface area contributed by atoms with Crippen molar-refractivity contribution >= 4 is 11.6 Å². The second-order valence-electron chi connectivity index (χ2n) is 7.21. The van der Waals surface area contributed by atoms with Crippen LogP contribution in [0.3, 0.4) is 0 Å². The van der Waals surface area contributed by atoms with Crippen molar-refractivity contribution in [2.75, 3.05) is 13.1 Å². The molecule has 3 N–H and O–H groups in total. The minimum Gasteiger partial charge on any atom is -0.508 e. The lowest BCUT2D eigenvalue weighted by atomic mass is 9.84. The Labute approximate surface area is 152 Å². The SMILES string of the molecule is Oc1ccc(C2CN(O)CCc3c2ccc(O)c3Cl)c(CC2CC2)c1. The van der Waals surface area contributed by atoms with Crippen LogP contribution in [0.2, 0.25) is 5.02 Å². The maximum absolute atomic E-state index is 10.3. The van der Waals surface area contributed by atoms with Gasteiger partial charge in [0.25, 0.3) is 0 Å². The van der Waals surface area contributed by atoms with Crippen LogP contribution >= 0.6 is 11.6 Å².